The molecule has 78 valence electrons. The highest BCUT2D eigenvalue weighted by Gasteiger charge is 2.09. The van der Waals surface area contributed by atoms with E-state index in [1.165, 1.54) is 6.92 Å². The maximum Gasteiger partial charge on any atom is 0.216 e. The number of sulfone groups is 1. The van der Waals surface area contributed by atoms with Gasteiger partial charge in [0.15, 0.2) is 9.84 Å². The fourth-order valence-corrected chi connectivity index (χ4v) is 1.87. The first-order chi connectivity index (χ1) is 5.98. The van der Waals surface area contributed by atoms with Gasteiger partial charge in [0, 0.05) is 20.0 Å². The minimum Gasteiger partial charge on any atom is -0.355 e. The summed E-state index contributed by atoms with van der Waals surface area (Å²) < 4.78 is 22.4. The molecule has 0 unspecified atom stereocenters. The topological polar surface area (TPSA) is 75.3 Å². The van der Waals surface area contributed by atoms with Gasteiger partial charge >= 0.3 is 0 Å². The zero-order chi connectivity index (χ0) is 10.3. The highest BCUT2D eigenvalue weighted by atomic mass is 32.2. The Morgan fingerprint density at radius 3 is 2.23 bits per heavy atom. The smallest absolute Gasteiger partial charge is 0.216 e. The summed E-state index contributed by atoms with van der Waals surface area (Å²) in [6.07, 6.45) is 0. The van der Waals surface area contributed by atoms with Gasteiger partial charge in [0.1, 0.15) is 0 Å². The molecule has 0 atom stereocenters. The molecule has 0 aliphatic carbocycles. The van der Waals surface area contributed by atoms with Gasteiger partial charge in [-0.15, -0.1) is 0 Å². The number of carbonyl (C=O) groups excluding carboxylic acids is 1. The Kier molecular flexibility index (Phi) is 5.65. The van der Waals surface area contributed by atoms with Gasteiger partial charge < -0.3 is 10.6 Å². The van der Waals surface area contributed by atoms with Gasteiger partial charge in [0.25, 0.3) is 0 Å². The number of carbonyl (C=O) groups is 1. The Labute approximate surface area is 78.8 Å². The summed E-state index contributed by atoms with van der Waals surface area (Å²) in [4.78, 5) is 10.4. The predicted molar refractivity (Wildman–Crippen MR) is 51.3 cm³/mol. The van der Waals surface area contributed by atoms with Crippen LogP contribution in [0.15, 0.2) is 0 Å². The van der Waals surface area contributed by atoms with Crippen molar-refractivity contribution >= 4 is 15.7 Å². The first-order valence-electron chi connectivity index (χ1n) is 4.07. The molecule has 13 heavy (non-hydrogen) atoms. The van der Waals surface area contributed by atoms with E-state index in [0.717, 1.165) is 0 Å². The van der Waals surface area contributed by atoms with Crippen LogP contribution in [0, 0.1) is 0 Å². The maximum absolute atomic E-state index is 11.2. The molecule has 0 radical (unpaired) electrons. The van der Waals surface area contributed by atoms with Crippen molar-refractivity contribution < 1.29 is 13.2 Å². The van der Waals surface area contributed by atoms with E-state index < -0.39 is 9.84 Å². The summed E-state index contributed by atoms with van der Waals surface area (Å²) in [5.74, 6) is -0.0824. The molecular weight excluding hydrogens is 192 g/mol. The average molecular weight is 208 g/mol. The predicted octanol–water partition coefficient (Wildman–Crippen LogP) is -1.24. The van der Waals surface area contributed by atoms with E-state index in [1.807, 2.05) is 0 Å². The summed E-state index contributed by atoms with van der Waals surface area (Å²) >= 11 is 0. The molecule has 0 saturated carbocycles. The molecule has 0 heterocycles. The third-order valence-electron chi connectivity index (χ3n) is 1.45. The van der Waals surface area contributed by atoms with Crippen molar-refractivity contribution in [2.45, 2.75) is 6.92 Å². The van der Waals surface area contributed by atoms with Crippen molar-refractivity contribution in [1.82, 2.24) is 10.6 Å². The first kappa shape index (κ1) is 12.4. The number of nitrogens with one attached hydrogen (secondary N) is 2. The van der Waals surface area contributed by atoms with Crippen LogP contribution in [0.1, 0.15) is 6.92 Å². The lowest BCUT2D eigenvalue weighted by Crippen LogP contribution is -2.29. The van der Waals surface area contributed by atoms with E-state index >= 15 is 0 Å². The standard InChI is InChI=1S/C7H16N2O3S/c1-7(10)9-4-6-13(11,12)5-3-8-2/h8H,3-6H2,1-2H3,(H,9,10). The van der Waals surface area contributed by atoms with Crippen molar-refractivity contribution in [3.05, 3.63) is 0 Å². The lowest BCUT2D eigenvalue weighted by Gasteiger charge is -2.03. The highest BCUT2D eigenvalue weighted by Crippen LogP contribution is 1.87. The van der Waals surface area contributed by atoms with E-state index in [4.69, 9.17) is 0 Å². The van der Waals surface area contributed by atoms with Crippen LogP contribution in [0.25, 0.3) is 0 Å². The van der Waals surface area contributed by atoms with Crippen LogP contribution in [0.4, 0.5) is 0 Å². The average Bonchev–Trinajstić information content (AvgIpc) is 2.00. The van der Waals surface area contributed by atoms with Gasteiger partial charge in [0.05, 0.1) is 11.5 Å². The summed E-state index contributed by atoms with van der Waals surface area (Å²) in [5.41, 5.74) is 0. The van der Waals surface area contributed by atoms with Crippen LogP contribution in [-0.2, 0) is 14.6 Å². The Balaban J connectivity index is 3.70. The summed E-state index contributed by atoms with van der Waals surface area (Å²) in [5, 5.41) is 5.20. The molecule has 0 spiro atoms. The fourth-order valence-electron chi connectivity index (χ4n) is 0.742. The van der Waals surface area contributed by atoms with E-state index in [2.05, 4.69) is 10.6 Å². The lowest BCUT2D eigenvalue weighted by molar-refractivity contribution is -0.118. The number of hydrogen-bond acceptors (Lipinski definition) is 4. The van der Waals surface area contributed by atoms with Crippen LogP contribution in [0.3, 0.4) is 0 Å². The Hall–Kier alpha value is -0.620. The second kappa shape index (κ2) is 5.93. The second-order valence-electron chi connectivity index (χ2n) is 2.74. The molecule has 0 aliphatic heterocycles. The van der Waals surface area contributed by atoms with E-state index in [9.17, 15) is 13.2 Å². The molecule has 0 fully saturated rings. The molecule has 6 heteroatoms. The lowest BCUT2D eigenvalue weighted by atomic mass is 10.6. The van der Waals surface area contributed by atoms with Gasteiger partial charge in [-0.25, -0.2) is 8.42 Å². The van der Waals surface area contributed by atoms with Gasteiger partial charge in [0.2, 0.25) is 5.91 Å². The molecule has 0 aliphatic rings. The van der Waals surface area contributed by atoms with Crippen LogP contribution in [0.5, 0.6) is 0 Å². The van der Waals surface area contributed by atoms with Crippen molar-refractivity contribution in [3.8, 4) is 0 Å². The van der Waals surface area contributed by atoms with Crippen molar-refractivity contribution in [2.75, 3.05) is 31.6 Å². The van der Waals surface area contributed by atoms with Crippen LogP contribution >= 0.6 is 0 Å². The van der Waals surface area contributed by atoms with E-state index in [-0.39, 0.29) is 24.0 Å². The first-order valence-corrected chi connectivity index (χ1v) is 5.89. The molecule has 0 aromatic rings. The fraction of sp³-hybridized carbons (Fsp3) is 0.857. The van der Waals surface area contributed by atoms with Crippen molar-refractivity contribution in [3.63, 3.8) is 0 Å². The van der Waals surface area contributed by atoms with Crippen LogP contribution in [0.2, 0.25) is 0 Å². The molecule has 1 amide bonds. The normalized spacial score (nSPS) is 11.2. The number of rotatable bonds is 6. The third-order valence-corrected chi connectivity index (χ3v) is 3.10. The molecule has 0 bridgehead atoms. The molecule has 0 rings (SSSR count). The van der Waals surface area contributed by atoms with Crippen LogP contribution < -0.4 is 10.6 Å². The third kappa shape index (κ3) is 7.73. The number of hydrogen-bond donors (Lipinski definition) is 2. The Bertz CT molecular complexity index is 248. The zero-order valence-corrected chi connectivity index (χ0v) is 8.78. The van der Waals surface area contributed by atoms with Gasteiger partial charge in [-0.05, 0) is 7.05 Å². The maximum atomic E-state index is 11.2. The Morgan fingerprint density at radius 1 is 1.23 bits per heavy atom. The highest BCUT2D eigenvalue weighted by molar-refractivity contribution is 7.91. The Morgan fingerprint density at radius 2 is 1.77 bits per heavy atom. The minimum atomic E-state index is -3.02. The van der Waals surface area contributed by atoms with E-state index in [0.29, 0.717) is 6.54 Å². The van der Waals surface area contributed by atoms with Gasteiger partial charge in [-0.3, -0.25) is 4.79 Å². The summed E-state index contributed by atoms with van der Waals surface area (Å²) in [6, 6.07) is 0. The second-order valence-corrected chi connectivity index (χ2v) is 5.04. The van der Waals surface area contributed by atoms with Crippen molar-refractivity contribution in [2.24, 2.45) is 0 Å². The zero-order valence-electron chi connectivity index (χ0n) is 7.96. The molecular formula is C7H16N2O3S. The molecule has 0 aromatic heterocycles. The van der Waals surface area contributed by atoms with Gasteiger partial charge in [-0.2, -0.15) is 0 Å². The molecule has 2 N–H and O–H groups in total. The van der Waals surface area contributed by atoms with Crippen LogP contribution in [-0.4, -0.2) is 46.0 Å². The minimum absolute atomic E-state index is 0.00819. The molecule has 5 nitrogen and oxygen atoms in total. The monoisotopic (exact) mass is 208 g/mol. The quantitative estimate of drug-likeness (QED) is 0.572. The molecule has 0 aromatic carbocycles. The SMILES string of the molecule is CNCCS(=O)(=O)CCNC(C)=O. The number of amides is 1. The van der Waals surface area contributed by atoms with Crippen molar-refractivity contribution in [1.29, 1.82) is 0 Å². The van der Waals surface area contributed by atoms with E-state index in [1.54, 1.807) is 7.05 Å². The molecule has 0 saturated heterocycles. The summed E-state index contributed by atoms with van der Waals surface area (Å²) in [7, 11) is -1.32. The largest absolute Gasteiger partial charge is 0.355 e. The van der Waals surface area contributed by atoms with Gasteiger partial charge in [-0.1, -0.05) is 0 Å². The summed E-state index contributed by atoms with van der Waals surface area (Å²) in [6.45, 7) is 2.00.